The highest BCUT2D eigenvalue weighted by atomic mass is 28.3. The Hall–Kier alpha value is 0.0938. The van der Waals surface area contributed by atoms with Crippen LogP contribution in [0.2, 0.25) is 19.6 Å². The zero-order chi connectivity index (χ0) is 14.6. The van der Waals surface area contributed by atoms with Crippen LogP contribution in [-0.4, -0.2) is 41.3 Å². The third-order valence-corrected chi connectivity index (χ3v) is 10.7. The maximum Gasteiger partial charge on any atom is 0.0957 e. The SMILES string of the molecule is C=C[SiH](C)C1([CH]C2([SiH](C)C)CCCCO2)CCCCO1. The van der Waals surface area contributed by atoms with Crippen LogP contribution < -0.4 is 0 Å². The van der Waals surface area contributed by atoms with E-state index in [2.05, 4.69) is 38.3 Å². The highest BCUT2D eigenvalue weighted by Crippen LogP contribution is 2.40. The maximum atomic E-state index is 6.37. The lowest BCUT2D eigenvalue weighted by molar-refractivity contribution is -0.0556. The average molecular weight is 312 g/mol. The normalized spacial score (nSPS) is 36.8. The van der Waals surface area contributed by atoms with E-state index in [-0.39, 0.29) is 10.4 Å². The molecule has 2 nitrogen and oxygen atoms in total. The van der Waals surface area contributed by atoms with Crippen LogP contribution in [0, 0.1) is 6.42 Å². The lowest BCUT2D eigenvalue weighted by Crippen LogP contribution is -2.59. The van der Waals surface area contributed by atoms with Gasteiger partial charge in [0, 0.05) is 19.6 Å². The zero-order valence-electron chi connectivity index (χ0n) is 13.5. The molecule has 0 spiro atoms. The topological polar surface area (TPSA) is 18.5 Å². The zero-order valence-corrected chi connectivity index (χ0v) is 15.8. The molecule has 0 aromatic heterocycles. The van der Waals surface area contributed by atoms with E-state index in [0.717, 1.165) is 13.2 Å². The highest BCUT2D eigenvalue weighted by molar-refractivity contribution is 6.67. The summed E-state index contributed by atoms with van der Waals surface area (Å²) in [5, 5.41) is 0.0501. The van der Waals surface area contributed by atoms with E-state index < -0.39 is 17.6 Å². The van der Waals surface area contributed by atoms with Crippen molar-refractivity contribution in [2.75, 3.05) is 13.2 Å². The minimum absolute atomic E-state index is 0.00535. The molecule has 2 saturated heterocycles. The van der Waals surface area contributed by atoms with Crippen LogP contribution in [-0.2, 0) is 9.47 Å². The number of rotatable bonds is 5. The minimum atomic E-state index is -1.13. The molecular formula is C16H31O2Si2. The Labute approximate surface area is 128 Å². The van der Waals surface area contributed by atoms with Gasteiger partial charge in [0.1, 0.15) is 0 Å². The molecule has 115 valence electrons. The third-order valence-electron chi connectivity index (χ3n) is 5.26. The molecule has 1 radical (unpaired) electrons. The molecule has 2 heterocycles. The average Bonchev–Trinajstić information content (AvgIpc) is 2.48. The molecule has 0 N–H and O–H groups in total. The molecule has 2 aliphatic rings. The lowest BCUT2D eigenvalue weighted by atomic mass is 9.97. The number of hydrogen-bond donors (Lipinski definition) is 0. The van der Waals surface area contributed by atoms with Gasteiger partial charge in [-0.05, 0) is 38.5 Å². The Kier molecular flexibility index (Phi) is 5.68. The standard InChI is InChI=1S/C16H31O2Si2/c1-5-20(4)16(11-7-9-13-18-16)14-15(19(2)3)10-6-8-12-17-15/h5,14,19-20H,1,6-13H2,2-4H3. The van der Waals surface area contributed by atoms with Crippen LogP contribution in [0.25, 0.3) is 0 Å². The van der Waals surface area contributed by atoms with Crippen molar-refractivity contribution in [3.05, 3.63) is 18.7 Å². The van der Waals surface area contributed by atoms with Crippen molar-refractivity contribution in [2.45, 2.75) is 68.6 Å². The molecule has 2 fully saturated rings. The smallest absolute Gasteiger partial charge is 0.0957 e. The van der Waals surface area contributed by atoms with Crippen LogP contribution in [0.4, 0.5) is 0 Å². The highest BCUT2D eigenvalue weighted by Gasteiger charge is 2.49. The van der Waals surface area contributed by atoms with Gasteiger partial charge in [-0.1, -0.05) is 19.6 Å². The van der Waals surface area contributed by atoms with Crippen molar-refractivity contribution >= 4 is 17.6 Å². The van der Waals surface area contributed by atoms with E-state index in [9.17, 15) is 0 Å². The molecule has 3 unspecified atom stereocenters. The molecule has 0 saturated carbocycles. The predicted octanol–water partition coefficient (Wildman–Crippen LogP) is 3.22. The summed E-state index contributed by atoms with van der Waals surface area (Å²) >= 11 is 0. The molecule has 4 heteroatoms. The van der Waals surface area contributed by atoms with E-state index >= 15 is 0 Å². The van der Waals surface area contributed by atoms with E-state index in [1.807, 2.05) is 0 Å². The molecule has 0 aromatic carbocycles. The Morgan fingerprint density at radius 3 is 1.85 bits per heavy atom. The summed E-state index contributed by atoms with van der Waals surface area (Å²) in [5.41, 5.74) is 2.19. The Morgan fingerprint density at radius 2 is 1.45 bits per heavy atom. The van der Waals surface area contributed by atoms with Crippen LogP contribution in [0.5, 0.6) is 0 Å². The van der Waals surface area contributed by atoms with Gasteiger partial charge in [-0.3, -0.25) is 0 Å². The summed E-state index contributed by atoms with van der Waals surface area (Å²) in [6, 6.07) is 0. The summed E-state index contributed by atoms with van der Waals surface area (Å²) in [5.74, 6) is 0. The third kappa shape index (κ3) is 3.29. The van der Waals surface area contributed by atoms with Crippen molar-refractivity contribution in [3.8, 4) is 0 Å². The van der Waals surface area contributed by atoms with E-state index in [1.54, 1.807) is 0 Å². The van der Waals surface area contributed by atoms with Crippen molar-refractivity contribution < 1.29 is 9.47 Å². The summed E-state index contributed by atoms with van der Waals surface area (Å²) in [6.45, 7) is 13.2. The van der Waals surface area contributed by atoms with Crippen molar-refractivity contribution in [3.63, 3.8) is 0 Å². The number of hydrogen-bond acceptors (Lipinski definition) is 2. The van der Waals surface area contributed by atoms with Crippen molar-refractivity contribution in [2.24, 2.45) is 0 Å². The summed E-state index contributed by atoms with van der Waals surface area (Å²) < 4.78 is 12.7. The molecular weight excluding hydrogens is 280 g/mol. The second-order valence-electron chi connectivity index (χ2n) is 6.84. The van der Waals surface area contributed by atoms with Gasteiger partial charge in [0.25, 0.3) is 0 Å². The minimum Gasteiger partial charge on any atom is -0.378 e. The second-order valence-corrected chi connectivity index (χ2v) is 13.2. The Bertz CT molecular complexity index is 318. The summed E-state index contributed by atoms with van der Waals surface area (Å²) in [6.07, 6.45) is 9.96. The van der Waals surface area contributed by atoms with Crippen LogP contribution >= 0.6 is 0 Å². The quantitative estimate of drug-likeness (QED) is 0.726. The van der Waals surface area contributed by atoms with E-state index in [4.69, 9.17) is 9.47 Å². The molecule has 0 aromatic rings. The molecule has 0 aliphatic carbocycles. The maximum absolute atomic E-state index is 6.37. The largest absolute Gasteiger partial charge is 0.378 e. The predicted molar refractivity (Wildman–Crippen MR) is 91.5 cm³/mol. The van der Waals surface area contributed by atoms with Gasteiger partial charge in [-0.15, -0.1) is 12.3 Å². The van der Waals surface area contributed by atoms with Gasteiger partial charge in [0.2, 0.25) is 0 Å². The molecule has 20 heavy (non-hydrogen) atoms. The molecule has 0 bridgehead atoms. The van der Waals surface area contributed by atoms with E-state index in [0.29, 0.717) is 0 Å². The molecule has 0 amide bonds. The van der Waals surface area contributed by atoms with E-state index in [1.165, 1.54) is 38.5 Å². The van der Waals surface area contributed by atoms with Crippen LogP contribution in [0.3, 0.4) is 0 Å². The van der Waals surface area contributed by atoms with Gasteiger partial charge in [0.05, 0.1) is 28.0 Å². The first-order chi connectivity index (χ1) is 9.55. The van der Waals surface area contributed by atoms with Gasteiger partial charge < -0.3 is 9.47 Å². The fourth-order valence-electron chi connectivity index (χ4n) is 3.63. The Morgan fingerprint density at radius 1 is 0.900 bits per heavy atom. The summed E-state index contributed by atoms with van der Waals surface area (Å²) in [7, 11) is -2.05. The fraction of sp³-hybridized carbons (Fsp3) is 0.812. The molecule has 3 atom stereocenters. The van der Waals surface area contributed by atoms with Gasteiger partial charge in [-0.2, -0.15) is 0 Å². The van der Waals surface area contributed by atoms with Crippen molar-refractivity contribution in [1.82, 2.24) is 0 Å². The van der Waals surface area contributed by atoms with Gasteiger partial charge in [0.15, 0.2) is 0 Å². The monoisotopic (exact) mass is 311 g/mol. The number of ether oxygens (including phenoxy) is 2. The molecule has 2 aliphatic heterocycles. The van der Waals surface area contributed by atoms with Gasteiger partial charge in [-0.25, -0.2) is 0 Å². The summed E-state index contributed by atoms with van der Waals surface area (Å²) in [4.78, 5) is 0. The Balaban J connectivity index is 2.22. The first kappa shape index (κ1) is 16.5. The van der Waals surface area contributed by atoms with Crippen molar-refractivity contribution in [1.29, 1.82) is 0 Å². The lowest BCUT2D eigenvalue weighted by Gasteiger charge is -2.49. The first-order valence-electron chi connectivity index (χ1n) is 8.32. The van der Waals surface area contributed by atoms with Crippen LogP contribution in [0.15, 0.2) is 12.3 Å². The fourth-order valence-corrected chi connectivity index (χ4v) is 7.65. The second kappa shape index (κ2) is 6.90. The van der Waals surface area contributed by atoms with Gasteiger partial charge >= 0.3 is 0 Å². The molecule has 2 rings (SSSR count). The van der Waals surface area contributed by atoms with Crippen LogP contribution in [0.1, 0.15) is 38.5 Å². The first-order valence-corrected chi connectivity index (χ1v) is 13.6.